The van der Waals surface area contributed by atoms with Gasteiger partial charge in [0.15, 0.2) is 0 Å². The van der Waals surface area contributed by atoms with Crippen LogP contribution in [0.1, 0.15) is 35.4 Å². The van der Waals surface area contributed by atoms with E-state index in [0.717, 1.165) is 46.5 Å². The van der Waals surface area contributed by atoms with Crippen molar-refractivity contribution in [3.05, 3.63) is 77.1 Å². The van der Waals surface area contributed by atoms with Crippen molar-refractivity contribution in [3.63, 3.8) is 0 Å². The molecule has 0 amide bonds. The fourth-order valence-electron chi connectivity index (χ4n) is 4.68. The molecule has 3 aromatic rings. The summed E-state index contributed by atoms with van der Waals surface area (Å²) < 4.78 is 30.1. The van der Waals surface area contributed by atoms with Crippen LogP contribution in [0, 0.1) is 13.8 Å². The van der Waals surface area contributed by atoms with E-state index in [-0.39, 0.29) is 6.54 Å². The number of carboxylic acids is 1. The molecule has 2 aromatic carbocycles. The molecule has 1 N–H and O–H groups in total. The van der Waals surface area contributed by atoms with E-state index in [1.165, 1.54) is 0 Å². The lowest BCUT2D eigenvalue weighted by molar-refractivity contribution is -0.137. The van der Waals surface area contributed by atoms with E-state index in [0.29, 0.717) is 24.4 Å². The van der Waals surface area contributed by atoms with Gasteiger partial charge in [-0.2, -0.15) is 4.31 Å². The second kappa shape index (κ2) is 8.92. The highest BCUT2D eigenvalue weighted by Gasteiger charge is 2.30. The molecule has 0 saturated carbocycles. The van der Waals surface area contributed by atoms with Crippen molar-refractivity contribution < 1.29 is 18.3 Å². The normalized spacial score (nSPS) is 14.7. The van der Waals surface area contributed by atoms with Crippen molar-refractivity contribution in [1.82, 2.24) is 8.87 Å². The molecule has 0 spiro atoms. The van der Waals surface area contributed by atoms with E-state index in [9.17, 15) is 18.3 Å². The monoisotopic (exact) mass is 452 g/mol. The van der Waals surface area contributed by atoms with Crippen molar-refractivity contribution in [2.45, 2.75) is 44.6 Å². The lowest BCUT2D eigenvalue weighted by atomic mass is 9.95. The second-order valence-electron chi connectivity index (χ2n) is 8.27. The van der Waals surface area contributed by atoms with Gasteiger partial charge in [0, 0.05) is 36.5 Å². The third-order valence-electron chi connectivity index (χ3n) is 6.29. The van der Waals surface area contributed by atoms with Crippen LogP contribution in [0.5, 0.6) is 0 Å². The van der Waals surface area contributed by atoms with Gasteiger partial charge in [0.2, 0.25) is 10.0 Å². The quantitative estimate of drug-likeness (QED) is 0.582. The van der Waals surface area contributed by atoms with Gasteiger partial charge in [0.05, 0.1) is 4.90 Å². The predicted octanol–water partition coefficient (Wildman–Crippen LogP) is 4.23. The standard InChI is InChI=1S/C25H28N2O4S/c1-18-22(25(20-10-4-3-5-11-20)19(2)27(18)17-24(28)29)16-21-12-6-7-13-23(21)32(30,31)26-14-8-9-15-26/h3-7,10-13H,8-9,14-17H2,1-2H3,(H,28,29). The molecular weight excluding hydrogens is 424 g/mol. The van der Waals surface area contributed by atoms with Crippen LogP contribution in [0.25, 0.3) is 11.1 Å². The minimum absolute atomic E-state index is 0.134. The first kappa shape index (κ1) is 22.3. The van der Waals surface area contributed by atoms with Crippen LogP contribution in [0.3, 0.4) is 0 Å². The molecule has 0 aliphatic carbocycles. The van der Waals surface area contributed by atoms with Crippen molar-refractivity contribution >= 4 is 16.0 Å². The molecule has 2 heterocycles. The molecule has 6 nitrogen and oxygen atoms in total. The van der Waals surface area contributed by atoms with Crippen LogP contribution < -0.4 is 0 Å². The van der Waals surface area contributed by atoms with Crippen LogP contribution >= 0.6 is 0 Å². The lowest BCUT2D eigenvalue weighted by Gasteiger charge is -2.18. The van der Waals surface area contributed by atoms with Crippen LogP contribution in [0.15, 0.2) is 59.5 Å². The summed E-state index contributed by atoms with van der Waals surface area (Å²) in [5.74, 6) is -0.908. The lowest BCUT2D eigenvalue weighted by Crippen LogP contribution is -2.28. The number of hydrogen-bond acceptors (Lipinski definition) is 3. The number of carboxylic acid groups (broad SMARTS) is 1. The smallest absolute Gasteiger partial charge is 0.323 e. The van der Waals surface area contributed by atoms with E-state index in [2.05, 4.69) is 0 Å². The molecule has 32 heavy (non-hydrogen) atoms. The van der Waals surface area contributed by atoms with Gasteiger partial charge in [0.1, 0.15) is 6.54 Å². The number of aliphatic carboxylic acids is 1. The zero-order valence-electron chi connectivity index (χ0n) is 18.4. The van der Waals surface area contributed by atoms with Crippen molar-refractivity contribution in [2.75, 3.05) is 13.1 Å². The largest absolute Gasteiger partial charge is 0.480 e. The van der Waals surface area contributed by atoms with Crippen LogP contribution in [-0.2, 0) is 27.8 Å². The molecule has 1 aliphatic rings. The molecule has 1 aliphatic heterocycles. The average molecular weight is 453 g/mol. The van der Waals surface area contributed by atoms with Crippen LogP contribution in [-0.4, -0.2) is 41.5 Å². The summed E-state index contributed by atoms with van der Waals surface area (Å²) in [6.45, 7) is 4.81. The summed E-state index contributed by atoms with van der Waals surface area (Å²) in [6.07, 6.45) is 2.18. The Morgan fingerprint density at radius 1 is 0.938 bits per heavy atom. The molecule has 1 saturated heterocycles. The molecule has 168 valence electrons. The molecule has 0 unspecified atom stereocenters. The van der Waals surface area contributed by atoms with Gasteiger partial charge in [-0.15, -0.1) is 0 Å². The molecule has 4 rings (SSSR count). The first-order valence-corrected chi connectivity index (χ1v) is 12.3. The summed E-state index contributed by atoms with van der Waals surface area (Å²) in [5, 5.41) is 9.44. The van der Waals surface area contributed by atoms with Gasteiger partial charge in [-0.05, 0) is 49.4 Å². The summed E-state index contributed by atoms with van der Waals surface area (Å²) in [7, 11) is -3.57. The van der Waals surface area contributed by atoms with E-state index in [4.69, 9.17) is 0 Å². The fourth-order valence-corrected chi connectivity index (χ4v) is 6.42. The highest BCUT2D eigenvalue weighted by Crippen LogP contribution is 2.35. The maximum absolute atomic E-state index is 13.3. The Kier molecular flexibility index (Phi) is 6.22. The number of carbonyl (C=O) groups is 1. The van der Waals surface area contributed by atoms with E-state index >= 15 is 0 Å². The Morgan fingerprint density at radius 3 is 2.22 bits per heavy atom. The van der Waals surface area contributed by atoms with Gasteiger partial charge in [-0.25, -0.2) is 8.42 Å². The predicted molar refractivity (Wildman–Crippen MR) is 124 cm³/mol. The van der Waals surface area contributed by atoms with Gasteiger partial charge < -0.3 is 9.67 Å². The maximum Gasteiger partial charge on any atom is 0.323 e. The minimum atomic E-state index is -3.57. The summed E-state index contributed by atoms with van der Waals surface area (Å²) in [4.78, 5) is 11.9. The molecule has 7 heteroatoms. The Bertz CT molecular complexity index is 1240. The number of hydrogen-bond donors (Lipinski definition) is 1. The van der Waals surface area contributed by atoms with Gasteiger partial charge in [-0.3, -0.25) is 4.79 Å². The first-order valence-electron chi connectivity index (χ1n) is 10.8. The third kappa shape index (κ3) is 4.10. The molecule has 1 aromatic heterocycles. The molecule has 1 fully saturated rings. The van der Waals surface area contributed by atoms with Crippen LogP contribution in [0.2, 0.25) is 0 Å². The van der Waals surface area contributed by atoms with Crippen LogP contribution in [0.4, 0.5) is 0 Å². The average Bonchev–Trinajstić information content (AvgIpc) is 3.39. The Balaban J connectivity index is 1.85. The highest BCUT2D eigenvalue weighted by atomic mass is 32.2. The van der Waals surface area contributed by atoms with Gasteiger partial charge in [0.25, 0.3) is 0 Å². The molecule has 0 bridgehead atoms. The van der Waals surface area contributed by atoms with Crippen molar-refractivity contribution in [2.24, 2.45) is 0 Å². The topological polar surface area (TPSA) is 79.6 Å². The second-order valence-corrected chi connectivity index (χ2v) is 10.2. The Hall–Kier alpha value is -2.90. The number of aromatic nitrogens is 1. The molecule has 0 radical (unpaired) electrons. The van der Waals surface area contributed by atoms with E-state index < -0.39 is 16.0 Å². The van der Waals surface area contributed by atoms with Gasteiger partial charge >= 0.3 is 5.97 Å². The summed E-state index contributed by atoms with van der Waals surface area (Å²) in [6, 6.07) is 17.0. The maximum atomic E-state index is 13.3. The first-order chi connectivity index (χ1) is 15.3. The van der Waals surface area contributed by atoms with E-state index in [1.54, 1.807) is 21.0 Å². The number of nitrogens with zero attached hydrogens (tertiary/aromatic N) is 2. The SMILES string of the molecule is Cc1c(Cc2ccccc2S(=O)(=O)N2CCCC2)c(-c2ccccc2)c(C)n1CC(=O)O. The third-order valence-corrected chi connectivity index (χ3v) is 8.29. The minimum Gasteiger partial charge on any atom is -0.480 e. The molecule has 0 atom stereocenters. The van der Waals surface area contributed by atoms with Crippen molar-refractivity contribution in [1.29, 1.82) is 0 Å². The number of sulfonamides is 1. The Labute approximate surface area is 189 Å². The Morgan fingerprint density at radius 2 is 1.56 bits per heavy atom. The number of rotatable bonds is 7. The highest BCUT2D eigenvalue weighted by molar-refractivity contribution is 7.89. The van der Waals surface area contributed by atoms with Crippen molar-refractivity contribution in [3.8, 4) is 11.1 Å². The van der Waals surface area contributed by atoms with E-state index in [1.807, 2.05) is 56.3 Å². The zero-order valence-corrected chi connectivity index (χ0v) is 19.2. The number of benzene rings is 2. The summed E-state index contributed by atoms with van der Waals surface area (Å²) in [5.41, 5.74) is 5.36. The zero-order chi connectivity index (χ0) is 22.9. The fraction of sp³-hybridized carbons (Fsp3) is 0.320. The molecular formula is C25H28N2O4S. The van der Waals surface area contributed by atoms with Gasteiger partial charge in [-0.1, -0.05) is 48.5 Å². The summed E-state index contributed by atoms with van der Waals surface area (Å²) >= 11 is 0.